The van der Waals surface area contributed by atoms with Crippen LogP contribution in [0.1, 0.15) is 11.1 Å². The third-order valence-corrected chi connectivity index (χ3v) is 4.16. The third kappa shape index (κ3) is 3.45. The molecular weight excluding hydrogens is 316 g/mol. The van der Waals surface area contributed by atoms with E-state index in [2.05, 4.69) is 5.32 Å². The van der Waals surface area contributed by atoms with Gasteiger partial charge in [0.1, 0.15) is 28.6 Å². The van der Waals surface area contributed by atoms with Gasteiger partial charge in [-0.05, 0) is 48.4 Å². The molecule has 0 bridgehead atoms. The van der Waals surface area contributed by atoms with E-state index in [1.54, 1.807) is 21.3 Å². The van der Waals surface area contributed by atoms with Gasteiger partial charge in [0.25, 0.3) is 0 Å². The minimum atomic E-state index is 0.675. The second kappa shape index (κ2) is 7.30. The number of nitrogens with one attached hydrogen (secondary N) is 1. The largest absolute Gasteiger partial charge is 0.497 e. The number of aryl methyl sites for hydroxylation is 1. The number of ether oxygens (including phenoxy) is 3. The summed E-state index contributed by atoms with van der Waals surface area (Å²) in [6.45, 7) is 2.72. The van der Waals surface area contributed by atoms with Crippen LogP contribution >= 0.6 is 0 Å². The van der Waals surface area contributed by atoms with Crippen molar-refractivity contribution in [2.24, 2.45) is 0 Å². The SMILES string of the molecule is COc1ccc(CNc2cc(C)c3c(OC)ccc(OC)c3n2)cc1. The van der Waals surface area contributed by atoms with Crippen molar-refractivity contribution in [3.05, 3.63) is 53.6 Å². The van der Waals surface area contributed by atoms with Crippen molar-refractivity contribution < 1.29 is 14.2 Å². The van der Waals surface area contributed by atoms with Gasteiger partial charge in [-0.1, -0.05) is 12.1 Å². The number of rotatable bonds is 6. The monoisotopic (exact) mass is 338 g/mol. The first-order valence-corrected chi connectivity index (χ1v) is 8.05. The molecule has 1 N–H and O–H groups in total. The summed E-state index contributed by atoms with van der Waals surface area (Å²) < 4.78 is 16.1. The number of hydrogen-bond acceptors (Lipinski definition) is 5. The van der Waals surface area contributed by atoms with Gasteiger partial charge < -0.3 is 19.5 Å². The van der Waals surface area contributed by atoms with Crippen molar-refractivity contribution in [1.82, 2.24) is 4.98 Å². The van der Waals surface area contributed by atoms with Crippen molar-refractivity contribution in [2.75, 3.05) is 26.6 Å². The van der Waals surface area contributed by atoms with E-state index in [9.17, 15) is 0 Å². The van der Waals surface area contributed by atoms with Gasteiger partial charge in [-0.3, -0.25) is 0 Å². The normalized spacial score (nSPS) is 10.6. The first-order valence-electron chi connectivity index (χ1n) is 8.05. The molecule has 0 saturated carbocycles. The van der Waals surface area contributed by atoms with Crippen molar-refractivity contribution in [3.63, 3.8) is 0 Å². The van der Waals surface area contributed by atoms with E-state index < -0.39 is 0 Å². The second-order valence-corrected chi connectivity index (χ2v) is 5.72. The number of hydrogen-bond donors (Lipinski definition) is 1. The molecule has 2 aromatic carbocycles. The van der Waals surface area contributed by atoms with E-state index in [4.69, 9.17) is 19.2 Å². The van der Waals surface area contributed by atoms with Crippen LogP contribution in [0.15, 0.2) is 42.5 Å². The highest BCUT2D eigenvalue weighted by Gasteiger charge is 2.12. The van der Waals surface area contributed by atoms with Crippen LogP contribution in [0.25, 0.3) is 10.9 Å². The van der Waals surface area contributed by atoms with Crippen molar-refractivity contribution in [1.29, 1.82) is 0 Å². The van der Waals surface area contributed by atoms with E-state index in [0.29, 0.717) is 6.54 Å². The lowest BCUT2D eigenvalue weighted by Crippen LogP contribution is -2.03. The highest BCUT2D eigenvalue weighted by Crippen LogP contribution is 2.35. The minimum Gasteiger partial charge on any atom is -0.497 e. The molecule has 3 rings (SSSR count). The second-order valence-electron chi connectivity index (χ2n) is 5.72. The summed E-state index contributed by atoms with van der Waals surface area (Å²) >= 11 is 0. The summed E-state index contributed by atoms with van der Waals surface area (Å²) in [5.74, 6) is 3.17. The Bertz CT molecular complexity index is 876. The molecule has 0 atom stereocenters. The Labute approximate surface area is 147 Å². The molecule has 0 unspecified atom stereocenters. The number of anilines is 1. The number of aromatic nitrogens is 1. The summed E-state index contributed by atoms with van der Waals surface area (Å²) in [5, 5.41) is 4.34. The minimum absolute atomic E-state index is 0.675. The Hall–Kier alpha value is -2.95. The lowest BCUT2D eigenvalue weighted by atomic mass is 10.1. The standard InChI is InChI=1S/C20H22N2O3/c1-13-11-18(21-12-14-5-7-15(23-2)8-6-14)22-20-17(25-4)10-9-16(24-3)19(13)20/h5-11H,12H2,1-4H3,(H,21,22). The molecule has 130 valence electrons. The fourth-order valence-electron chi connectivity index (χ4n) is 2.84. The predicted molar refractivity (Wildman–Crippen MR) is 99.9 cm³/mol. The Kier molecular flexibility index (Phi) is 4.93. The molecule has 0 radical (unpaired) electrons. The molecule has 0 fully saturated rings. The summed E-state index contributed by atoms with van der Waals surface area (Å²) in [6, 6.07) is 13.8. The number of methoxy groups -OCH3 is 3. The Morgan fingerprint density at radius 2 is 1.56 bits per heavy atom. The summed E-state index contributed by atoms with van der Waals surface area (Å²) in [6.07, 6.45) is 0. The fraction of sp³-hybridized carbons (Fsp3) is 0.250. The van der Waals surface area contributed by atoms with Gasteiger partial charge >= 0.3 is 0 Å². The molecule has 1 heterocycles. The zero-order valence-corrected chi connectivity index (χ0v) is 14.9. The van der Waals surface area contributed by atoms with E-state index in [1.165, 1.54) is 0 Å². The Morgan fingerprint density at radius 3 is 2.20 bits per heavy atom. The van der Waals surface area contributed by atoms with Gasteiger partial charge in [-0.15, -0.1) is 0 Å². The summed E-state index contributed by atoms with van der Waals surface area (Å²) in [4.78, 5) is 4.72. The Balaban J connectivity index is 1.91. The number of nitrogens with zero attached hydrogens (tertiary/aromatic N) is 1. The highest BCUT2D eigenvalue weighted by molar-refractivity contribution is 5.94. The smallest absolute Gasteiger partial charge is 0.145 e. The van der Waals surface area contributed by atoms with Crippen LogP contribution in [-0.4, -0.2) is 26.3 Å². The molecule has 5 heteroatoms. The molecule has 0 aliphatic heterocycles. The molecule has 0 aliphatic rings. The van der Waals surface area contributed by atoms with Gasteiger partial charge in [0.15, 0.2) is 0 Å². The van der Waals surface area contributed by atoms with Crippen LogP contribution in [0.5, 0.6) is 17.2 Å². The van der Waals surface area contributed by atoms with E-state index in [0.717, 1.165) is 45.1 Å². The van der Waals surface area contributed by atoms with E-state index in [1.807, 2.05) is 49.4 Å². The molecule has 0 saturated heterocycles. The molecule has 0 spiro atoms. The Morgan fingerprint density at radius 1 is 0.880 bits per heavy atom. The van der Waals surface area contributed by atoms with E-state index >= 15 is 0 Å². The van der Waals surface area contributed by atoms with Crippen LogP contribution in [0.4, 0.5) is 5.82 Å². The molecule has 3 aromatic rings. The number of pyridine rings is 1. The van der Waals surface area contributed by atoms with Gasteiger partial charge in [0.05, 0.1) is 21.3 Å². The van der Waals surface area contributed by atoms with E-state index in [-0.39, 0.29) is 0 Å². The fourth-order valence-corrected chi connectivity index (χ4v) is 2.84. The molecule has 0 amide bonds. The molecule has 1 aromatic heterocycles. The molecular formula is C20H22N2O3. The number of benzene rings is 2. The van der Waals surface area contributed by atoms with Crippen molar-refractivity contribution in [2.45, 2.75) is 13.5 Å². The average Bonchev–Trinajstić information content (AvgIpc) is 2.65. The zero-order valence-electron chi connectivity index (χ0n) is 14.9. The van der Waals surface area contributed by atoms with Crippen LogP contribution < -0.4 is 19.5 Å². The van der Waals surface area contributed by atoms with Crippen LogP contribution in [0.2, 0.25) is 0 Å². The third-order valence-electron chi connectivity index (χ3n) is 4.16. The molecule has 0 aliphatic carbocycles. The predicted octanol–water partition coefficient (Wildman–Crippen LogP) is 4.18. The van der Waals surface area contributed by atoms with Crippen molar-refractivity contribution >= 4 is 16.7 Å². The molecule has 25 heavy (non-hydrogen) atoms. The maximum atomic E-state index is 5.47. The number of fused-ring (bicyclic) bond motifs is 1. The van der Waals surface area contributed by atoms with Gasteiger partial charge in [0.2, 0.25) is 0 Å². The lowest BCUT2D eigenvalue weighted by Gasteiger charge is -2.14. The quantitative estimate of drug-likeness (QED) is 0.731. The maximum absolute atomic E-state index is 5.47. The van der Waals surface area contributed by atoms with Crippen LogP contribution in [0, 0.1) is 6.92 Å². The van der Waals surface area contributed by atoms with Crippen molar-refractivity contribution in [3.8, 4) is 17.2 Å². The zero-order chi connectivity index (χ0) is 17.8. The van der Waals surface area contributed by atoms with Crippen LogP contribution in [0.3, 0.4) is 0 Å². The maximum Gasteiger partial charge on any atom is 0.145 e. The van der Waals surface area contributed by atoms with Gasteiger partial charge in [-0.25, -0.2) is 4.98 Å². The summed E-state index contributed by atoms with van der Waals surface area (Å²) in [7, 11) is 4.98. The average molecular weight is 338 g/mol. The van der Waals surface area contributed by atoms with Gasteiger partial charge in [-0.2, -0.15) is 0 Å². The summed E-state index contributed by atoms with van der Waals surface area (Å²) in [5.41, 5.74) is 3.02. The first-order chi connectivity index (χ1) is 12.2. The first kappa shape index (κ1) is 16.9. The molecule has 5 nitrogen and oxygen atoms in total. The van der Waals surface area contributed by atoms with Crippen LogP contribution in [-0.2, 0) is 6.54 Å². The highest BCUT2D eigenvalue weighted by atomic mass is 16.5. The lowest BCUT2D eigenvalue weighted by molar-refractivity contribution is 0.409. The topological polar surface area (TPSA) is 52.6 Å². The van der Waals surface area contributed by atoms with Gasteiger partial charge in [0, 0.05) is 11.9 Å².